The molecule has 0 aromatic carbocycles. The second-order valence-corrected chi connectivity index (χ2v) is 8.37. The molecule has 0 radical (unpaired) electrons. The summed E-state index contributed by atoms with van der Waals surface area (Å²) in [6.45, 7) is 8.44. The van der Waals surface area contributed by atoms with Crippen LogP contribution in [-0.4, -0.2) is 84.3 Å². The van der Waals surface area contributed by atoms with Crippen molar-refractivity contribution in [3.05, 3.63) is 0 Å². The zero-order chi connectivity index (χ0) is 18.8. The molecule has 1 amide bonds. The van der Waals surface area contributed by atoms with Crippen LogP contribution in [0.2, 0.25) is 0 Å². The van der Waals surface area contributed by atoms with Crippen molar-refractivity contribution in [2.45, 2.75) is 51.2 Å². The highest BCUT2D eigenvalue weighted by Gasteiger charge is 2.31. The molecule has 0 spiro atoms. The van der Waals surface area contributed by atoms with E-state index in [4.69, 9.17) is 0 Å². The average Bonchev–Trinajstić information content (AvgIpc) is 3.07. The van der Waals surface area contributed by atoms with Crippen LogP contribution in [0.4, 0.5) is 0 Å². The molecule has 2 aliphatic heterocycles. The summed E-state index contributed by atoms with van der Waals surface area (Å²) in [6, 6.07) is 0.357. The van der Waals surface area contributed by atoms with Gasteiger partial charge in [-0.1, -0.05) is 6.92 Å². The van der Waals surface area contributed by atoms with Gasteiger partial charge in [-0.05, 0) is 38.4 Å². The number of guanidine groups is 1. The summed E-state index contributed by atoms with van der Waals surface area (Å²) >= 11 is 1.79. The first-order valence-corrected chi connectivity index (χ1v) is 11.0. The van der Waals surface area contributed by atoms with Crippen molar-refractivity contribution in [3.63, 3.8) is 0 Å². The number of likely N-dealkylation sites (tertiary alicyclic amines) is 1. The number of nitrogens with one attached hydrogen (secondary N) is 3. The number of carbonyl (C=O) groups is 1. The van der Waals surface area contributed by atoms with Crippen LogP contribution in [0.5, 0.6) is 0 Å². The highest BCUT2D eigenvalue weighted by atomic mass is 32.2. The molecule has 0 saturated carbocycles. The van der Waals surface area contributed by atoms with Gasteiger partial charge in [0.25, 0.3) is 0 Å². The fourth-order valence-electron chi connectivity index (χ4n) is 3.22. The molecule has 2 aliphatic rings. The Hall–Kier alpha value is -0.990. The minimum Gasteiger partial charge on any atom is -0.387 e. The molecule has 2 saturated heterocycles. The predicted octanol–water partition coefficient (Wildman–Crippen LogP) is 0.400. The zero-order valence-electron chi connectivity index (χ0n) is 16.2. The first kappa shape index (κ1) is 21.3. The fourth-order valence-corrected chi connectivity index (χ4v) is 4.50. The number of aliphatic hydroxyl groups is 1. The first-order valence-electron chi connectivity index (χ1n) is 9.88. The molecular formula is C18H35N5O2S. The Labute approximate surface area is 161 Å². The molecule has 26 heavy (non-hydrogen) atoms. The molecule has 2 fully saturated rings. The highest BCUT2D eigenvalue weighted by Crippen LogP contribution is 2.27. The van der Waals surface area contributed by atoms with Crippen molar-refractivity contribution in [2.24, 2.45) is 4.99 Å². The lowest BCUT2D eigenvalue weighted by atomic mass is 10.0. The molecule has 150 valence electrons. The second-order valence-electron chi connectivity index (χ2n) is 7.27. The van der Waals surface area contributed by atoms with Crippen molar-refractivity contribution >= 4 is 23.6 Å². The van der Waals surface area contributed by atoms with E-state index in [9.17, 15) is 9.90 Å². The molecular weight excluding hydrogens is 350 g/mol. The quantitative estimate of drug-likeness (QED) is 0.357. The Bertz CT molecular complexity index is 460. The third-order valence-electron chi connectivity index (χ3n) is 4.83. The Morgan fingerprint density at radius 3 is 2.69 bits per heavy atom. The topological polar surface area (TPSA) is 89.0 Å². The number of amides is 1. The Kier molecular flexibility index (Phi) is 9.01. The molecule has 8 heteroatoms. The number of rotatable bonds is 8. The summed E-state index contributed by atoms with van der Waals surface area (Å²) in [4.78, 5) is 18.7. The summed E-state index contributed by atoms with van der Waals surface area (Å²) in [5.41, 5.74) is -0.651. The van der Waals surface area contributed by atoms with Crippen molar-refractivity contribution in [2.75, 3.05) is 50.8 Å². The molecule has 0 bridgehead atoms. The number of thioether (sulfide) groups is 1. The summed E-state index contributed by atoms with van der Waals surface area (Å²) < 4.78 is 0. The molecule has 2 rings (SSSR count). The first-order chi connectivity index (χ1) is 12.5. The smallest absolute Gasteiger partial charge is 0.234 e. The van der Waals surface area contributed by atoms with Crippen molar-refractivity contribution in [1.29, 1.82) is 0 Å². The number of nitrogens with zero attached hydrogens (tertiary/aromatic N) is 2. The second kappa shape index (κ2) is 11.0. The molecule has 0 aliphatic carbocycles. The van der Waals surface area contributed by atoms with E-state index in [-0.39, 0.29) is 5.91 Å². The van der Waals surface area contributed by atoms with Gasteiger partial charge in [-0.3, -0.25) is 14.7 Å². The summed E-state index contributed by atoms with van der Waals surface area (Å²) in [7, 11) is 0. The Morgan fingerprint density at radius 1 is 1.31 bits per heavy atom. The largest absolute Gasteiger partial charge is 0.387 e. The van der Waals surface area contributed by atoms with Crippen molar-refractivity contribution in [3.8, 4) is 0 Å². The summed E-state index contributed by atoms with van der Waals surface area (Å²) in [5, 5.41) is 20.2. The number of carbonyl (C=O) groups excluding carboxylic acids is 1. The van der Waals surface area contributed by atoms with E-state index in [1.54, 1.807) is 11.8 Å². The van der Waals surface area contributed by atoms with Gasteiger partial charge in [0.1, 0.15) is 0 Å². The van der Waals surface area contributed by atoms with Crippen LogP contribution in [0.1, 0.15) is 39.5 Å². The molecule has 2 heterocycles. The number of piperidine rings is 1. The van der Waals surface area contributed by atoms with E-state index in [1.807, 2.05) is 0 Å². The van der Waals surface area contributed by atoms with Gasteiger partial charge in [-0.15, -0.1) is 0 Å². The molecule has 1 unspecified atom stereocenters. The van der Waals surface area contributed by atoms with Crippen LogP contribution in [0, 0.1) is 0 Å². The Balaban J connectivity index is 1.75. The molecule has 4 N–H and O–H groups in total. The van der Waals surface area contributed by atoms with Gasteiger partial charge >= 0.3 is 0 Å². The van der Waals surface area contributed by atoms with Gasteiger partial charge in [0, 0.05) is 38.0 Å². The normalized spacial score (nSPS) is 25.3. The minimum absolute atomic E-state index is 0.121. The molecule has 7 nitrogen and oxygen atoms in total. The van der Waals surface area contributed by atoms with Crippen LogP contribution in [-0.2, 0) is 4.79 Å². The van der Waals surface area contributed by atoms with Crippen LogP contribution >= 0.6 is 11.8 Å². The number of aliphatic imine (C=N–C) groups is 1. The lowest BCUT2D eigenvalue weighted by Gasteiger charge is -2.32. The van der Waals surface area contributed by atoms with E-state index in [1.165, 1.54) is 0 Å². The third-order valence-corrected chi connectivity index (χ3v) is 6.06. The van der Waals surface area contributed by atoms with Crippen LogP contribution < -0.4 is 16.0 Å². The van der Waals surface area contributed by atoms with Gasteiger partial charge in [-0.2, -0.15) is 11.8 Å². The van der Waals surface area contributed by atoms with Crippen LogP contribution in [0.3, 0.4) is 0 Å². The lowest BCUT2D eigenvalue weighted by Crippen LogP contribution is -2.50. The molecule has 0 aromatic heterocycles. The van der Waals surface area contributed by atoms with E-state index >= 15 is 0 Å². The fraction of sp³-hybridized carbons (Fsp3) is 0.889. The standard InChI is InChI=1S/C18H35N5O2S/c1-3-8-20-16(24)12-23-9-5-15(6-10-23)22-17(19-4-2)21-13-18(25)7-11-26-14-18/h15,25H,3-14H2,1-2H3,(H,20,24)(H2,19,21,22). The maximum atomic E-state index is 11.8. The van der Waals surface area contributed by atoms with E-state index in [0.717, 1.165) is 69.3 Å². The van der Waals surface area contributed by atoms with Gasteiger partial charge in [-0.25, -0.2) is 0 Å². The summed E-state index contributed by atoms with van der Waals surface area (Å²) in [5.74, 6) is 2.70. The number of hydrogen-bond acceptors (Lipinski definition) is 5. The summed E-state index contributed by atoms with van der Waals surface area (Å²) in [6.07, 6.45) is 3.77. The van der Waals surface area contributed by atoms with Gasteiger partial charge in [0.05, 0.1) is 18.7 Å². The van der Waals surface area contributed by atoms with E-state index in [0.29, 0.717) is 19.1 Å². The van der Waals surface area contributed by atoms with Crippen molar-refractivity contribution < 1.29 is 9.90 Å². The zero-order valence-corrected chi connectivity index (χ0v) is 17.0. The van der Waals surface area contributed by atoms with E-state index in [2.05, 4.69) is 39.7 Å². The van der Waals surface area contributed by atoms with Gasteiger partial charge in [0.15, 0.2) is 5.96 Å². The van der Waals surface area contributed by atoms with E-state index < -0.39 is 5.60 Å². The Morgan fingerprint density at radius 2 is 2.08 bits per heavy atom. The lowest BCUT2D eigenvalue weighted by molar-refractivity contribution is -0.122. The molecule has 0 aromatic rings. The van der Waals surface area contributed by atoms with Gasteiger partial charge in [0.2, 0.25) is 5.91 Å². The molecule has 1 atom stereocenters. The monoisotopic (exact) mass is 385 g/mol. The average molecular weight is 386 g/mol. The van der Waals surface area contributed by atoms with Crippen LogP contribution in [0.25, 0.3) is 0 Å². The minimum atomic E-state index is -0.651. The van der Waals surface area contributed by atoms with Crippen LogP contribution in [0.15, 0.2) is 4.99 Å². The maximum Gasteiger partial charge on any atom is 0.234 e. The van der Waals surface area contributed by atoms with Crippen molar-refractivity contribution in [1.82, 2.24) is 20.9 Å². The highest BCUT2D eigenvalue weighted by molar-refractivity contribution is 7.99. The van der Waals surface area contributed by atoms with Gasteiger partial charge < -0.3 is 21.1 Å². The third kappa shape index (κ3) is 7.32. The SMILES string of the molecule is CCCNC(=O)CN1CCC(NC(=NCC2(O)CCSC2)NCC)CC1. The number of hydrogen-bond donors (Lipinski definition) is 4. The predicted molar refractivity (Wildman–Crippen MR) is 109 cm³/mol. The maximum absolute atomic E-state index is 11.8.